The largest absolute Gasteiger partial charge is 0.494 e. The monoisotopic (exact) mass is 512 g/mol. The second-order valence-electron chi connectivity index (χ2n) is 10.1. The van der Waals surface area contributed by atoms with E-state index in [0.717, 1.165) is 84.8 Å². The van der Waals surface area contributed by atoms with E-state index in [1.165, 1.54) is 25.7 Å². The zero-order valence-electron chi connectivity index (χ0n) is 22.8. The third-order valence-corrected chi connectivity index (χ3v) is 7.18. The van der Waals surface area contributed by atoms with Crippen molar-refractivity contribution in [3.8, 4) is 17.6 Å². The van der Waals surface area contributed by atoms with E-state index in [4.69, 9.17) is 19.9 Å². The first-order valence-corrected chi connectivity index (χ1v) is 14.1. The lowest BCUT2D eigenvalue weighted by Crippen LogP contribution is -2.23. The highest BCUT2D eigenvalue weighted by Crippen LogP contribution is 2.47. The molecular formula is C33H40N2O3. The molecule has 2 aliphatic rings. The molecule has 0 spiro atoms. The van der Waals surface area contributed by atoms with E-state index in [2.05, 4.69) is 50.3 Å². The van der Waals surface area contributed by atoms with Gasteiger partial charge in [-0.2, -0.15) is 5.26 Å². The Morgan fingerprint density at radius 2 is 1.50 bits per heavy atom. The summed E-state index contributed by atoms with van der Waals surface area (Å²) in [6.45, 7) is 5.84. The highest BCUT2D eigenvalue weighted by molar-refractivity contribution is 5.62. The van der Waals surface area contributed by atoms with Gasteiger partial charge in [0.2, 0.25) is 5.88 Å². The first-order valence-electron chi connectivity index (χ1n) is 14.1. The van der Waals surface area contributed by atoms with Crippen LogP contribution in [0.3, 0.4) is 0 Å². The Morgan fingerprint density at radius 3 is 2.08 bits per heavy atom. The van der Waals surface area contributed by atoms with Gasteiger partial charge in [0.1, 0.15) is 28.9 Å². The van der Waals surface area contributed by atoms with Gasteiger partial charge in [-0.3, -0.25) is 0 Å². The van der Waals surface area contributed by atoms with Crippen molar-refractivity contribution in [2.24, 2.45) is 5.73 Å². The molecule has 200 valence electrons. The highest BCUT2D eigenvalue weighted by Gasteiger charge is 2.35. The lowest BCUT2D eigenvalue weighted by atomic mass is 9.77. The average Bonchev–Trinajstić information content (AvgIpc) is 2.94. The number of allylic oxidation sites excluding steroid dienone is 3. The summed E-state index contributed by atoms with van der Waals surface area (Å²) < 4.78 is 17.9. The summed E-state index contributed by atoms with van der Waals surface area (Å²) in [6.07, 6.45) is 11.8. The number of nitriles is 1. The molecule has 1 aliphatic heterocycles. The van der Waals surface area contributed by atoms with E-state index in [0.29, 0.717) is 5.57 Å². The first-order chi connectivity index (χ1) is 18.6. The van der Waals surface area contributed by atoms with Gasteiger partial charge in [0.25, 0.3) is 0 Å². The summed E-state index contributed by atoms with van der Waals surface area (Å²) >= 11 is 0. The second-order valence-corrected chi connectivity index (χ2v) is 10.1. The van der Waals surface area contributed by atoms with Crippen molar-refractivity contribution in [2.75, 3.05) is 13.2 Å². The molecule has 38 heavy (non-hydrogen) atoms. The van der Waals surface area contributed by atoms with Gasteiger partial charge in [-0.05, 0) is 84.7 Å². The van der Waals surface area contributed by atoms with Crippen LogP contribution in [0.5, 0.6) is 11.5 Å². The molecule has 1 aliphatic carbocycles. The topological polar surface area (TPSA) is 77.5 Å². The molecule has 4 rings (SSSR count). The van der Waals surface area contributed by atoms with E-state index in [9.17, 15) is 5.26 Å². The number of nitrogens with zero attached hydrogens (tertiary/aromatic N) is 1. The average molecular weight is 513 g/mol. The number of ether oxygens (including phenoxy) is 3. The molecule has 5 heteroatoms. The third kappa shape index (κ3) is 6.81. The third-order valence-electron chi connectivity index (χ3n) is 7.18. The minimum atomic E-state index is -0.208. The second kappa shape index (κ2) is 13.8. The molecule has 0 radical (unpaired) electrons. The Balaban J connectivity index is 1.55. The van der Waals surface area contributed by atoms with Crippen LogP contribution in [-0.4, -0.2) is 13.2 Å². The van der Waals surface area contributed by atoms with Crippen LogP contribution in [0, 0.1) is 11.3 Å². The van der Waals surface area contributed by atoms with Crippen molar-refractivity contribution in [3.63, 3.8) is 0 Å². The lowest BCUT2D eigenvalue weighted by molar-refractivity contribution is 0.277. The molecule has 0 amide bonds. The fraction of sp³-hybridized carbons (Fsp3) is 0.424. The standard InChI is InChI=1S/C33H40N2O3/c1-3-5-7-20-36-27-16-12-24(13-17-27)22-26-10-9-11-29-31(30(23-34)33(35)38-32(26)29)25-14-18-28(19-15-25)37-21-8-6-4-2/h12-19,22,31H,3-11,20-21,35H2,1-2H3/b26-22-/t31-/m1/s1. The minimum Gasteiger partial charge on any atom is -0.494 e. The molecule has 2 aromatic carbocycles. The normalized spacial score (nSPS) is 18.1. The predicted molar refractivity (Wildman–Crippen MR) is 152 cm³/mol. The maximum atomic E-state index is 9.98. The molecule has 5 nitrogen and oxygen atoms in total. The predicted octanol–water partition coefficient (Wildman–Crippen LogP) is 8.15. The highest BCUT2D eigenvalue weighted by atomic mass is 16.5. The summed E-state index contributed by atoms with van der Waals surface area (Å²) in [7, 11) is 0. The van der Waals surface area contributed by atoms with Crippen LogP contribution in [0.15, 0.2) is 76.9 Å². The van der Waals surface area contributed by atoms with Crippen molar-refractivity contribution >= 4 is 6.08 Å². The van der Waals surface area contributed by atoms with Crippen LogP contribution < -0.4 is 15.2 Å². The molecule has 2 aromatic rings. The molecule has 1 atom stereocenters. The maximum absolute atomic E-state index is 9.98. The van der Waals surface area contributed by atoms with Gasteiger partial charge in [0, 0.05) is 5.92 Å². The molecular weight excluding hydrogens is 472 g/mol. The summed E-state index contributed by atoms with van der Waals surface area (Å²) in [5.41, 5.74) is 11.2. The molecule has 0 saturated heterocycles. The number of hydrogen-bond donors (Lipinski definition) is 1. The Hall–Kier alpha value is -3.65. The minimum absolute atomic E-state index is 0.194. The zero-order valence-corrected chi connectivity index (χ0v) is 22.8. The van der Waals surface area contributed by atoms with Crippen molar-refractivity contribution in [1.82, 2.24) is 0 Å². The van der Waals surface area contributed by atoms with Gasteiger partial charge in [-0.25, -0.2) is 0 Å². The SMILES string of the molecule is CCCCCOc1ccc(/C=C2/CCCC3=C2OC(N)=C(C#N)[C@@H]3c2ccc(OCCCCC)cc2)cc1. The molecule has 1 heterocycles. The van der Waals surface area contributed by atoms with Crippen LogP contribution in [0.1, 0.15) is 88.7 Å². The molecule has 2 N–H and O–H groups in total. The quantitative estimate of drug-likeness (QED) is 0.290. The van der Waals surface area contributed by atoms with E-state index in [1.54, 1.807) is 0 Å². The van der Waals surface area contributed by atoms with E-state index < -0.39 is 0 Å². The summed E-state index contributed by atoms with van der Waals surface area (Å²) in [4.78, 5) is 0. The van der Waals surface area contributed by atoms with Crippen molar-refractivity contribution in [1.29, 1.82) is 5.26 Å². The van der Waals surface area contributed by atoms with Crippen molar-refractivity contribution in [2.45, 2.75) is 77.6 Å². The summed E-state index contributed by atoms with van der Waals surface area (Å²) in [5, 5.41) is 9.98. The van der Waals surface area contributed by atoms with E-state index >= 15 is 0 Å². The number of rotatable bonds is 12. The van der Waals surface area contributed by atoms with E-state index in [1.807, 2.05) is 24.3 Å². The fourth-order valence-electron chi connectivity index (χ4n) is 5.12. The van der Waals surface area contributed by atoms with Gasteiger partial charge >= 0.3 is 0 Å². The Bertz CT molecular complexity index is 1200. The lowest BCUT2D eigenvalue weighted by Gasteiger charge is -2.33. The maximum Gasteiger partial charge on any atom is 0.205 e. The summed E-state index contributed by atoms with van der Waals surface area (Å²) in [6, 6.07) is 18.6. The Labute approximate surface area is 227 Å². The zero-order chi connectivity index (χ0) is 26.7. The molecule has 0 bridgehead atoms. The number of unbranched alkanes of at least 4 members (excludes halogenated alkanes) is 4. The van der Waals surface area contributed by atoms with Gasteiger partial charge < -0.3 is 19.9 Å². The van der Waals surface area contributed by atoms with E-state index in [-0.39, 0.29) is 11.8 Å². The van der Waals surface area contributed by atoms with Crippen LogP contribution in [0.25, 0.3) is 6.08 Å². The molecule has 0 unspecified atom stereocenters. The molecule has 0 saturated carbocycles. The number of nitrogens with two attached hydrogens (primary N) is 1. The van der Waals surface area contributed by atoms with Gasteiger partial charge in [-0.1, -0.05) is 63.8 Å². The number of hydrogen-bond acceptors (Lipinski definition) is 5. The van der Waals surface area contributed by atoms with Crippen molar-refractivity contribution < 1.29 is 14.2 Å². The molecule has 0 aromatic heterocycles. The van der Waals surface area contributed by atoms with Gasteiger partial charge in [0.15, 0.2) is 0 Å². The smallest absolute Gasteiger partial charge is 0.205 e. The summed E-state index contributed by atoms with van der Waals surface area (Å²) in [5.74, 6) is 2.55. The van der Waals surface area contributed by atoms with Crippen LogP contribution in [-0.2, 0) is 4.74 Å². The van der Waals surface area contributed by atoms with Crippen LogP contribution in [0.4, 0.5) is 0 Å². The fourth-order valence-corrected chi connectivity index (χ4v) is 5.12. The van der Waals surface area contributed by atoms with Crippen molar-refractivity contribution in [3.05, 3.63) is 88.0 Å². The van der Waals surface area contributed by atoms with Gasteiger partial charge in [0.05, 0.1) is 13.2 Å². The van der Waals surface area contributed by atoms with Crippen LogP contribution >= 0.6 is 0 Å². The Morgan fingerprint density at radius 1 is 0.895 bits per heavy atom. The number of benzene rings is 2. The van der Waals surface area contributed by atoms with Gasteiger partial charge in [-0.15, -0.1) is 0 Å². The first kappa shape index (κ1) is 27.4. The molecule has 0 fully saturated rings. The van der Waals surface area contributed by atoms with Crippen LogP contribution in [0.2, 0.25) is 0 Å². The Kier molecular flexibility index (Phi) is 9.92.